The van der Waals surface area contributed by atoms with Crippen LogP contribution >= 0.6 is 0 Å². The van der Waals surface area contributed by atoms with Crippen molar-refractivity contribution >= 4 is 5.91 Å². The molecule has 1 amide bonds. The molecule has 1 aliphatic rings. The normalized spacial score (nSPS) is 20.9. The zero-order valence-corrected chi connectivity index (χ0v) is 10.9. The Bertz CT molecular complexity index is 550. The molecule has 4 heteroatoms. The van der Waals surface area contributed by atoms with Crippen LogP contribution in [0.5, 0.6) is 0 Å². The van der Waals surface area contributed by atoms with Crippen LogP contribution in [-0.4, -0.2) is 28.1 Å². The Kier molecular flexibility index (Phi) is 4.17. The predicted octanol–water partition coefficient (Wildman–Crippen LogP) is 2.91. The van der Waals surface area contributed by atoms with Crippen molar-refractivity contribution in [3.8, 4) is 0 Å². The van der Waals surface area contributed by atoms with Gasteiger partial charge in [0.1, 0.15) is 11.5 Å². The summed E-state index contributed by atoms with van der Waals surface area (Å²) in [7, 11) is 1.58. The van der Waals surface area contributed by atoms with E-state index in [2.05, 4.69) is 26.3 Å². The average molecular weight is 259 g/mol. The number of hydrogen-bond donors (Lipinski definition) is 2. The third-order valence-corrected chi connectivity index (χ3v) is 2.78. The van der Waals surface area contributed by atoms with Crippen LogP contribution in [0.4, 0.5) is 0 Å². The van der Waals surface area contributed by atoms with Gasteiger partial charge in [0.05, 0.1) is 12.1 Å². The lowest BCUT2D eigenvalue weighted by molar-refractivity contribution is -0.127. The van der Waals surface area contributed by atoms with Crippen molar-refractivity contribution in [3.63, 3.8) is 0 Å². The highest BCUT2D eigenvalue weighted by molar-refractivity contribution is 5.85. The van der Waals surface area contributed by atoms with Gasteiger partial charge < -0.3 is 15.1 Å². The molecule has 1 rings (SSSR count). The number of hydrogen-bond acceptors (Lipinski definition) is 3. The summed E-state index contributed by atoms with van der Waals surface area (Å²) in [6, 6.07) is 0. The number of aliphatic hydroxyl groups is 2. The molecule has 0 saturated carbocycles. The Morgan fingerprint density at radius 2 is 1.68 bits per heavy atom. The molecule has 0 aromatic heterocycles. The van der Waals surface area contributed by atoms with E-state index >= 15 is 0 Å². The van der Waals surface area contributed by atoms with Crippen LogP contribution in [0.15, 0.2) is 72.4 Å². The van der Waals surface area contributed by atoms with Crippen LogP contribution in [-0.2, 0) is 4.79 Å². The number of nitrogens with zero attached hydrogens (tertiary/aromatic N) is 1. The predicted molar refractivity (Wildman–Crippen MR) is 75.4 cm³/mol. The molecule has 1 heterocycles. The van der Waals surface area contributed by atoms with E-state index in [1.165, 1.54) is 17.1 Å². The number of carbonyl (C=O) groups excluding carboxylic acids is 1. The zero-order chi connectivity index (χ0) is 14.7. The topological polar surface area (TPSA) is 60.8 Å². The second-order valence-electron chi connectivity index (χ2n) is 4.27. The Balaban J connectivity index is 3.35. The molecular formula is C15H17NO3. The number of allylic oxidation sites excluding steroid dienone is 3. The highest BCUT2D eigenvalue weighted by Crippen LogP contribution is 2.32. The maximum atomic E-state index is 12.0. The van der Waals surface area contributed by atoms with E-state index in [4.69, 9.17) is 0 Å². The van der Waals surface area contributed by atoms with E-state index in [1.807, 2.05) is 0 Å². The van der Waals surface area contributed by atoms with E-state index in [1.54, 1.807) is 7.05 Å². The fourth-order valence-corrected chi connectivity index (χ4v) is 1.75. The molecule has 0 radical (unpaired) electrons. The van der Waals surface area contributed by atoms with Crippen molar-refractivity contribution in [1.82, 2.24) is 4.90 Å². The van der Waals surface area contributed by atoms with E-state index in [0.717, 1.165) is 0 Å². The lowest BCUT2D eigenvalue weighted by Gasteiger charge is -2.18. The van der Waals surface area contributed by atoms with Gasteiger partial charge in [0.2, 0.25) is 5.91 Å². The van der Waals surface area contributed by atoms with Gasteiger partial charge in [0.25, 0.3) is 0 Å². The van der Waals surface area contributed by atoms with Gasteiger partial charge in [0, 0.05) is 13.1 Å². The molecule has 0 unspecified atom stereocenters. The van der Waals surface area contributed by atoms with Crippen LogP contribution in [0.3, 0.4) is 0 Å². The SMILES string of the molecule is C=C(O)/C=C1/CC(=O)N(C)/C(=C/C(=C)O)C(=C)C1=C. The van der Waals surface area contributed by atoms with E-state index in [9.17, 15) is 15.0 Å². The minimum atomic E-state index is -0.209. The van der Waals surface area contributed by atoms with E-state index in [-0.39, 0.29) is 23.8 Å². The summed E-state index contributed by atoms with van der Waals surface area (Å²) in [4.78, 5) is 13.4. The zero-order valence-electron chi connectivity index (χ0n) is 10.9. The minimum Gasteiger partial charge on any atom is -0.509 e. The van der Waals surface area contributed by atoms with Gasteiger partial charge in [-0.1, -0.05) is 26.3 Å². The van der Waals surface area contributed by atoms with Gasteiger partial charge in [-0.15, -0.1) is 0 Å². The van der Waals surface area contributed by atoms with Gasteiger partial charge >= 0.3 is 0 Å². The highest BCUT2D eigenvalue weighted by Gasteiger charge is 2.25. The molecule has 0 bridgehead atoms. The summed E-state index contributed by atoms with van der Waals surface area (Å²) in [5, 5.41) is 18.5. The molecule has 1 fully saturated rings. The van der Waals surface area contributed by atoms with Crippen molar-refractivity contribution in [1.29, 1.82) is 0 Å². The third-order valence-electron chi connectivity index (χ3n) is 2.78. The van der Waals surface area contributed by atoms with E-state index < -0.39 is 0 Å². The van der Waals surface area contributed by atoms with Crippen molar-refractivity contribution in [2.75, 3.05) is 7.05 Å². The van der Waals surface area contributed by atoms with E-state index in [0.29, 0.717) is 22.4 Å². The molecule has 0 aromatic carbocycles. The average Bonchev–Trinajstić information content (AvgIpc) is 2.36. The standard InChI is InChI=1S/C15H17NO3/c1-9(17)6-13-8-15(19)16(5)14(7-10(2)18)12(4)11(13)3/h6-7,17-18H,1-4,8H2,5H3/b13-6-,14-7+. The number of likely N-dealkylation sites (tertiary alicyclic amines) is 1. The lowest BCUT2D eigenvalue weighted by atomic mass is 9.97. The van der Waals surface area contributed by atoms with Gasteiger partial charge in [-0.3, -0.25) is 4.79 Å². The van der Waals surface area contributed by atoms with Crippen LogP contribution < -0.4 is 0 Å². The molecule has 0 atom stereocenters. The first-order valence-corrected chi connectivity index (χ1v) is 5.57. The monoisotopic (exact) mass is 259 g/mol. The van der Waals surface area contributed by atoms with Crippen molar-refractivity contribution in [2.24, 2.45) is 0 Å². The number of amides is 1. The molecule has 4 nitrogen and oxygen atoms in total. The van der Waals surface area contributed by atoms with Gasteiger partial charge in [-0.2, -0.15) is 0 Å². The van der Waals surface area contributed by atoms with Gasteiger partial charge in [0.15, 0.2) is 0 Å². The maximum absolute atomic E-state index is 12.0. The summed E-state index contributed by atoms with van der Waals surface area (Å²) in [5.41, 5.74) is 1.97. The first kappa shape index (κ1) is 14.6. The largest absolute Gasteiger partial charge is 0.509 e. The highest BCUT2D eigenvalue weighted by atomic mass is 16.3. The summed E-state index contributed by atoms with van der Waals surface area (Å²) in [6.07, 6.45) is 2.81. The van der Waals surface area contributed by atoms with Crippen LogP contribution in [0, 0.1) is 0 Å². The number of aliphatic hydroxyl groups excluding tert-OH is 2. The van der Waals surface area contributed by atoms with Gasteiger partial charge in [-0.05, 0) is 22.8 Å². The smallest absolute Gasteiger partial charge is 0.231 e. The Morgan fingerprint density at radius 1 is 1.16 bits per heavy atom. The summed E-state index contributed by atoms with van der Waals surface area (Å²) < 4.78 is 0. The molecule has 0 spiro atoms. The quantitative estimate of drug-likeness (QED) is 0.749. The second kappa shape index (κ2) is 5.44. The van der Waals surface area contributed by atoms with Crippen molar-refractivity contribution in [3.05, 3.63) is 72.4 Å². The first-order chi connectivity index (χ1) is 8.73. The number of likely N-dealkylation sites (N-methyl/N-ethyl adjacent to an activating group) is 1. The van der Waals surface area contributed by atoms with Crippen molar-refractivity contribution < 1.29 is 15.0 Å². The van der Waals surface area contributed by atoms with Crippen LogP contribution in [0.1, 0.15) is 6.42 Å². The Morgan fingerprint density at radius 3 is 2.16 bits per heavy atom. The first-order valence-electron chi connectivity index (χ1n) is 5.57. The molecule has 19 heavy (non-hydrogen) atoms. The summed E-state index contributed by atoms with van der Waals surface area (Å²) >= 11 is 0. The molecule has 1 aliphatic heterocycles. The third kappa shape index (κ3) is 3.25. The summed E-state index contributed by atoms with van der Waals surface area (Å²) in [5.74, 6) is -0.541. The fraction of sp³-hybridized carbons (Fsp3) is 0.133. The van der Waals surface area contributed by atoms with Crippen molar-refractivity contribution in [2.45, 2.75) is 6.42 Å². The molecule has 0 aromatic rings. The summed E-state index contributed by atoms with van der Waals surface area (Å²) in [6.45, 7) is 14.5. The number of carbonyl (C=O) groups is 1. The molecular weight excluding hydrogens is 242 g/mol. The second-order valence-corrected chi connectivity index (χ2v) is 4.27. The molecule has 100 valence electrons. The molecule has 1 saturated heterocycles. The lowest BCUT2D eigenvalue weighted by Crippen LogP contribution is -2.24. The van der Waals surface area contributed by atoms with Gasteiger partial charge in [-0.25, -0.2) is 0 Å². The Hall–Kier alpha value is -2.49. The fourth-order valence-electron chi connectivity index (χ4n) is 1.75. The molecule has 2 N–H and O–H groups in total. The van der Waals surface area contributed by atoms with Crippen LogP contribution in [0.2, 0.25) is 0 Å². The Labute approximate surface area is 112 Å². The minimum absolute atomic E-state index is 0.0726. The number of rotatable bonds is 2. The molecule has 0 aliphatic carbocycles. The maximum Gasteiger partial charge on any atom is 0.231 e. The van der Waals surface area contributed by atoms with Crippen LogP contribution in [0.25, 0.3) is 0 Å².